The maximum atomic E-state index is 5.32. The first-order valence-electron chi connectivity index (χ1n) is 3.33. The summed E-state index contributed by atoms with van der Waals surface area (Å²) in [5.41, 5.74) is 10.6. The van der Waals surface area contributed by atoms with Gasteiger partial charge in [-0.2, -0.15) is 4.98 Å². The van der Waals surface area contributed by atoms with Gasteiger partial charge in [0.15, 0.2) is 0 Å². The third kappa shape index (κ3) is 2.77. The van der Waals surface area contributed by atoms with Crippen LogP contribution in [0.5, 0.6) is 0 Å². The molecule has 5 N–H and O–H groups in total. The summed E-state index contributed by atoms with van der Waals surface area (Å²) in [5, 5.41) is 7.10. The normalized spacial score (nSPS) is 10.3. The highest BCUT2D eigenvalue weighted by Crippen LogP contribution is 2.12. The smallest absolute Gasteiger partial charge is 0.216 e. The highest BCUT2D eigenvalue weighted by molar-refractivity contribution is 7.99. The van der Waals surface area contributed by atoms with E-state index >= 15 is 0 Å². The summed E-state index contributed by atoms with van der Waals surface area (Å²) in [7, 11) is 0. The van der Waals surface area contributed by atoms with Gasteiger partial charge in [-0.1, -0.05) is 11.8 Å². The Morgan fingerprint density at radius 3 is 2.91 bits per heavy atom. The summed E-state index contributed by atoms with van der Waals surface area (Å²) < 4.78 is 0. The standard InChI is InChI=1S/C5H11N5S/c6-2-1-3-11-5-8-4(7)9-10-5/h1-3,6H2,(H3,7,8,9,10). The van der Waals surface area contributed by atoms with E-state index in [-0.39, 0.29) is 0 Å². The predicted molar refractivity (Wildman–Crippen MR) is 45.2 cm³/mol. The fraction of sp³-hybridized carbons (Fsp3) is 0.600. The first kappa shape index (κ1) is 8.35. The van der Waals surface area contributed by atoms with Crippen LogP contribution in [0.2, 0.25) is 0 Å². The molecule has 5 nitrogen and oxygen atoms in total. The molecule has 0 unspecified atom stereocenters. The van der Waals surface area contributed by atoms with Crippen molar-refractivity contribution in [2.45, 2.75) is 11.6 Å². The summed E-state index contributed by atoms with van der Waals surface area (Å²) in [4.78, 5) is 3.92. The molecule has 0 aliphatic carbocycles. The van der Waals surface area contributed by atoms with Crippen LogP contribution in [-0.4, -0.2) is 27.5 Å². The van der Waals surface area contributed by atoms with Crippen LogP contribution in [0.15, 0.2) is 5.16 Å². The number of nitrogens with two attached hydrogens (primary N) is 2. The molecule has 1 aromatic rings. The molecule has 11 heavy (non-hydrogen) atoms. The highest BCUT2D eigenvalue weighted by Gasteiger charge is 1.98. The largest absolute Gasteiger partial charge is 0.368 e. The van der Waals surface area contributed by atoms with Crippen molar-refractivity contribution in [1.29, 1.82) is 0 Å². The van der Waals surface area contributed by atoms with Crippen molar-refractivity contribution < 1.29 is 0 Å². The number of hydrogen-bond acceptors (Lipinski definition) is 5. The van der Waals surface area contributed by atoms with Crippen molar-refractivity contribution in [2.24, 2.45) is 5.73 Å². The van der Waals surface area contributed by atoms with Crippen LogP contribution in [0.1, 0.15) is 6.42 Å². The van der Waals surface area contributed by atoms with Crippen molar-refractivity contribution in [1.82, 2.24) is 15.2 Å². The lowest BCUT2D eigenvalue weighted by Gasteiger charge is -1.91. The van der Waals surface area contributed by atoms with Crippen LogP contribution in [0.4, 0.5) is 5.95 Å². The Morgan fingerprint density at radius 2 is 2.36 bits per heavy atom. The minimum absolute atomic E-state index is 0.361. The number of nitrogen functional groups attached to an aromatic ring is 1. The van der Waals surface area contributed by atoms with Crippen LogP contribution in [-0.2, 0) is 0 Å². The van der Waals surface area contributed by atoms with Crippen molar-refractivity contribution in [3.63, 3.8) is 0 Å². The third-order valence-electron chi connectivity index (χ3n) is 1.06. The van der Waals surface area contributed by atoms with E-state index in [1.54, 1.807) is 11.8 Å². The fourth-order valence-electron chi connectivity index (χ4n) is 0.569. The van der Waals surface area contributed by atoms with Crippen LogP contribution < -0.4 is 11.5 Å². The van der Waals surface area contributed by atoms with Gasteiger partial charge >= 0.3 is 0 Å². The van der Waals surface area contributed by atoms with E-state index in [2.05, 4.69) is 15.2 Å². The maximum absolute atomic E-state index is 5.32. The van der Waals surface area contributed by atoms with Gasteiger partial charge in [-0.3, -0.25) is 0 Å². The van der Waals surface area contributed by atoms with Gasteiger partial charge in [-0.25, -0.2) is 5.10 Å². The first-order valence-corrected chi connectivity index (χ1v) is 4.32. The van der Waals surface area contributed by atoms with Crippen molar-refractivity contribution in [2.75, 3.05) is 18.0 Å². The van der Waals surface area contributed by atoms with Gasteiger partial charge in [0.1, 0.15) is 0 Å². The van der Waals surface area contributed by atoms with Crippen LogP contribution >= 0.6 is 11.8 Å². The van der Waals surface area contributed by atoms with Gasteiger partial charge in [0.05, 0.1) is 0 Å². The quantitative estimate of drug-likeness (QED) is 0.434. The second-order valence-corrected chi connectivity index (χ2v) is 3.06. The molecule has 0 aliphatic heterocycles. The molecular formula is C5H11N5S. The average molecular weight is 173 g/mol. The molecular weight excluding hydrogens is 162 g/mol. The van der Waals surface area contributed by atoms with Gasteiger partial charge in [0.2, 0.25) is 11.1 Å². The molecule has 0 bridgehead atoms. The number of thioether (sulfide) groups is 1. The zero-order chi connectivity index (χ0) is 8.10. The van der Waals surface area contributed by atoms with E-state index in [9.17, 15) is 0 Å². The number of rotatable bonds is 4. The van der Waals surface area contributed by atoms with Crippen LogP contribution in [0.25, 0.3) is 0 Å². The topological polar surface area (TPSA) is 93.6 Å². The summed E-state index contributed by atoms with van der Waals surface area (Å²) in [6.45, 7) is 0.701. The summed E-state index contributed by atoms with van der Waals surface area (Å²) in [5.74, 6) is 1.30. The minimum Gasteiger partial charge on any atom is -0.368 e. The molecule has 0 aliphatic rings. The molecule has 62 valence electrons. The molecule has 0 saturated carbocycles. The van der Waals surface area contributed by atoms with Crippen LogP contribution in [0, 0.1) is 0 Å². The van der Waals surface area contributed by atoms with E-state index in [0.29, 0.717) is 17.6 Å². The molecule has 0 aromatic carbocycles. The zero-order valence-corrected chi connectivity index (χ0v) is 6.90. The Bertz CT molecular complexity index is 210. The van der Waals surface area contributed by atoms with Gasteiger partial charge in [0, 0.05) is 5.75 Å². The SMILES string of the molecule is NCCCSc1n[nH]c(N)n1. The van der Waals surface area contributed by atoms with Crippen molar-refractivity contribution >= 4 is 17.7 Å². The molecule has 0 fully saturated rings. The lowest BCUT2D eigenvalue weighted by atomic mass is 10.5. The summed E-state index contributed by atoms with van der Waals surface area (Å²) in [6, 6.07) is 0. The second-order valence-electron chi connectivity index (χ2n) is 1.99. The van der Waals surface area contributed by atoms with Crippen molar-refractivity contribution in [3.8, 4) is 0 Å². The minimum atomic E-state index is 0.361. The molecule has 1 aromatic heterocycles. The molecule has 1 heterocycles. The maximum Gasteiger partial charge on any atom is 0.216 e. The zero-order valence-electron chi connectivity index (χ0n) is 6.08. The molecule has 6 heteroatoms. The van der Waals surface area contributed by atoms with Crippen LogP contribution in [0.3, 0.4) is 0 Å². The molecule has 0 amide bonds. The third-order valence-corrected chi connectivity index (χ3v) is 2.00. The van der Waals surface area contributed by atoms with Gasteiger partial charge in [0.25, 0.3) is 0 Å². The Kier molecular flexibility index (Phi) is 3.18. The Hall–Kier alpha value is -0.750. The Labute approximate surface area is 68.9 Å². The van der Waals surface area contributed by atoms with E-state index in [0.717, 1.165) is 12.2 Å². The first-order chi connectivity index (χ1) is 5.33. The van der Waals surface area contributed by atoms with Gasteiger partial charge in [-0.15, -0.1) is 5.10 Å². The summed E-state index contributed by atoms with van der Waals surface area (Å²) >= 11 is 1.55. The lowest BCUT2D eigenvalue weighted by Crippen LogP contribution is -1.99. The number of nitrogens with one attached hydrogen (secondary N) is 1. The number of aromatic amines is 1. The monoisotopic (exact) mass is 173 g/mol. The van der Waals surface area contributed by atoms with E-state index in [1.165, 1.54) is 0 Å². The summed E-state index contributed by atoms with van der Waals surface area (Å²) in [6.07, 6.45) is 0.971. The van der Waals surface area contributed by atoms with Crippen molar-refractivity contribution in [3.05, 3.63) is 0 Å². The number of aromatic nitrogens is 3. The molecule has 0 spiro atoms. The average Bonchev–Trinajstić information content (AvgIpc) is 2.37. The highest BCUT2D eigenvalue weighted by atomic mass is 32.2. The van der Waals surface area contributed by atoms with E-state index in [1.807, 2.05) is 0 Å². The van der Waals surface area contributed by atoms with Gasteiger partial charge in [-0.05, 0) is 13.0 Å². The molecule has 0 saturated heterocycles. The number of nitrogens with zero attached hydrogens (tertiary/aromatic N) is 2. The Morgan fingerprint density at radius 1 is 1.55 bits per heavy atom. The number of anilines is 1. The number of H-pyrrole nitrogens is 1. The fourth-order valence-corrected chi connectivity index (χ4v) is 1.34. The molecule has 0 radical (unpaired) electrons. The second kappa shape index (κ2) is 4.20. The number of hydrogen-bond donors (Lipinski definition) is 3. The van der Waals surface area contributed by atoms with E-state index < -0.39 is 0 Å². The van der Waals surface area contributed by atoms with E-state index in [4.69, 9.17) is 11.5 Å². The Balaban J connectivity index is 2.27. The predicted octanol–water partition coefficient (Wildman–Crippen LogP) is -0.172. The van der Waals surface area contributed by atoms with Gasteiger partial charge < -0.3 is 11.5 Å². The molecule has 1 rings (SSSR count). The lowest BCUT2D eigenvalue weighted by molar-refractivity contribution is 0.929. The molecule has 0 atom stereocenters.